The zero-order valence-electron chi connectivity index (χ0n) is 10.1. The van der Waals surface area contributed by atoms with Crippen molar-refractivity contribution in [2.45, 2.75) is 25.0 Å². The van der Waals surface area contributed by atoms with E-state index in [9.17, 15) is 9.90 Å². The van der Waals surface area contributed by atoms with Crippen molar-refractivity contribution in [3.63, 3.8) is 0 Å². The Morgan fingerprint density at radius 2 is 2.17 bits per heavy atom. The average molecular weight is 242 g/mol. The summed E-state index contributed by atoms with van der Waals surface area (Å²) in [7, 11) is 0. The second-order valence-corrected chi connectivity index (χ2v) is 4.25. The molecule has 18 heavy (non-hydrogen) atoms. The first-order chi connectivity index (χ1) is 8.57. The second-order valence-electron chi connectivity index (χ2n) is 4.25. The minimum absolute atomic E-state index is 0.284. The lowest BCUT2D eigenvalue weighted by molar-refractivity contribution is -0.144. The summed E-state index contributed by atoms with van der Waals surface area (Å²) >= 11 is 0. The van der Waals surface area contributed by atoms with Crippen molar-refractivity contribution in [1.82, 2.24) is 0 Å². The molecule has 0 saturated heterocycles. The first-order valence-electron chi connectivity index (χ1n) is 5.75. The zero-order valence-corrected chi connectivity index (χ0v) is 10.1. The summed E-state index contributed by atoms with van der Waals surface area (Å²) in [5.41, 5.74) is -0.370. The maximum atomic E-state index is 10.8. The van der Waals surface area contributed by atoms with Gasteiger partial charge in [-0.3, -0.25) is 4.79 Å². The first-order valence-corrected chi connectivity index (χ1v) is 5.75. The van der Waals surface area contributed by atoms with Crippen molar-refractivity contribution in [2.24, 2.45) is 0 Å². The van der Waals surface area contributed by atoms with Crippen molar-refractivity contribution in [3.8, 4) is 11.8 Å². The maximum absolute atomic E-state index is 10.8. The fraction of sp³-hybridized carbons (Fsp3) is 0.267. The Balaban J connectivity index is 2.05. The van der Waals surface area contributed by atoms with Crippen LogP contribution in [-0.2, 0) is 9.53 Å². The monoisotopic (exact) mass is 242 g/mol. The minimum atomic E-state index is -1.21. The van der Waals surface area contributed by atoms with Crippen LogP contribution in [0, 0.1) is 11.8 Å². The molecule has 0 fully saturated rings. The summed E-state index contributed by atoms with van der Waals surface area (Å²) < 4.78 is 5.01. The van der Waals surface area contributed by atoms with Gasteiger partial charge in [-0.1, -0.05) is 30.0 Å². The van der Waals surface area contributed by atoms with Crippen LogP contribution in [0.2, 0.25) is 0 Å². The molecule has 1 N–H and O–H groups in total. The number of rotatable bonds is 1. The van der Waals surface area contributed by atoms with E-state index in [1.165, 1.54) is 6.92 Å². The van der Waals surface area contributed by atoms with Crippen LogP contribution in [0.5, 0.6) is 0 Å². The molecule has 1 aromatic rings. The lowest BCUT2D eigenvalue weighted by Gasteiger charge is -2.15. The van der Waals surface area contributed by atoms with Gasteiger partial charge in [0, 0.05) is 18.9 Å². The van der Waals surface area contributed by atoms with Gasteiger partial charge in [-0.05, 0) is 24.3 Å². The largest absolute Gasteiger partial charge is 0.458 e. The molecular weight excluding hydrogens is 228 g/mol. The van der Waals surface area contributed by atoms with Crippen molar-refractivity contribution < 1.29 is 14.6 Å². The number of benzene rings is 1. The fourth-order valence-electron chi connectivity index (χ4n) is 1.80. The number of aliphatic hydroxyl groups is 1. The summed E-state index contributed by atoms with van der Waals surface area (Å²) in [5.74, 6) is 5.36. The van der Waals surface area contributed by atoms with Gasteiger partial charge >= 0.3 is 5.97 Å². The van der Waals surface area contributed by atoms with E-state index in [0.29, 0.717) is 0 Å². The van der Waals surface area contributed by atoms with Crippen molar-refractivity contribution in [2.75, 3.05) is 0 Å². The third-order valence-electron chi connectivity index (χ3n) is 2.61. The average Bonchev–Trinajstić information content (AvgIpc) is 2.70. The van der Waals surface area contributed by atoms with Crippen LogP contribution >= 0.6 is 0 Å². The molecule has 0 spiro atoms. The van der Waals surface area contributed by atoms with Gasteiger partial charge in [0.15, 0.2) is 0 Å². The Morgan fingerprint density at radius 3 is 2.83 bits per heavy atom. The van der Waals surface area contributed by atoms with Crippen LogP contribution in [0.3, 0.4) is 0 Å². The molecule has 0 bridgehead atoms. The van der Waals surface area contributed by atoms with Crippen LogP contribution in [0.4, 0.5) is 0 Å². The lowest BCUT2D eigenvalue weighted by atomic mass is 10.0. The van der Waals surface area contributed by atoms with E-state index in [-0.39, 0.29) is 12.4 Å². The Kier molecular flexibility index (Phi) is 3.50. The Hall–Kier alpha value is -2.05. The van der Waals surface area contributed by atoms with Gasteiger partial charge in [-0.25, -0.2) is 0 Å². The summed E-state index contributed by atoms with van der Waals surface area (Å²) in [4.78, 5) is 10.8. The summed E-state index contributed by atoms with van der Waals surface area (Å²) in [5, 5.41) is 10.2. The molecule has 1 aliphatic carbocycles. The van der Waals surface area contributed by atoms with Gasteiger partial charge in [0.05, 0.1) is 0 Å². The summed E-state index contributed by atoms with van der Waals surface area (Å²) in [6.45, 7) is 1.35. The Morgan fingerprint density at radius 1 is 1.44 bits per heavy atom. The molecule has 3 nitrogen and oxygen atoms in total. The number of carbonyl (C=O) groups excluding carboxylic acids is 1. The molecule has 0 unspecified atom stereocenters. The normalized spacial score (nSPS) is 25.3. The van der Waals surface area contributed by atoms with Crippen molar-refractivity contribution in [1.29, 1.82) is 0 Å². The molecule has 0 amide bonds. The summed E-state index contributed by atoms with van der Waals surface area (Å²) in [6, 6.07) is 9.43. The molecule has 0 aliphatic heterocycles. The van der Waals surface area contributed by atoms with E-state index in [1.54, 1.807) is 12.2 Å². The number of esters is 1. The smallest absolute Gasteiger partial charge is 0.303 e. The van der Waals surface area contributed by atoms with E-state index in [1.807, 2.05) is 30.3 Å². The number of hydrogen-bond donors (Lipinski definition) is 1. The van der Waals surface area contributed by atoms with E-state index in [4.69, 9.17) is 4.74 Å². The molecule has 0 radical (unpaired) electrons. The lowest BCUT2D eigenvalue weighted by Crippen LogP contribution is -2.25. The summed E-state index contributed by atoms with van der Waals surface area (Å²) in [6.07, 6.45) is 3.14. The highest BCUT2D eigenvalue weighted by atomic mass is 16.5. The first kappa shape index (κ1) is 12.4. The maximum Gasteiger partial charge on any atom is 0.303 e. The predicted molar refractivity (Wildman–Crippen MR) is 67.6 cm³/mol. The van der Waals surface area contributed by atoms with Gasteiger partial charge in [0.25, 0.3) is 0 Å². The van der Waals surface area contributed by atoms with Crippen LogP contribution in [0.25, 0.3) is 0 Å². The Bertz CT molecular complexity index is 522. The highest BCUT2D eigenvalue weighted by molar-refractivity contribution is 5.66. The molecule has 0 saturated carbocycles. The molecule has 3 heteroatoms. The van der Waals surface area contributed by atoms with E-state index in [2.05, 4.69) is 11.8 Å². The standard InChI is InChI=1S/C15H14O3/c1-12(16)18-14-8-10-15(17,11-14)9-7-13-5-3-2-4-6-13/h2-6,8,10,14,17H,11H2,1H3/t14-,15+/m0/s1. The molecule has 2 atom stereocenters. The molecular formula is C15H14O3. The molecule has 1 aromatic carbocycles. The minimum Gasteiger partial charge on any atom is -0.458 e. The van der Waals surface area contributed by atoms with Crippen molar-refractivity contribution in [3.05, 3.63) is 48.0 Å². The SMILES string of the molecule is CC(=O)O[C@H]1C=C[C@](O)(C#Cc2ccccc2)C1. The van der Waals surface area contributed by atoms with Crippen molar-refractivity contribution >= 4 is 5.97 Å². The third-order valence-corrected chi connectivity index (χ3v) is 2.61. The highest BCUT2D eigenvalue weighted by Gasteiger charge is 2.32. The fourth-order valence-corrected chi connectivity index (χ4v) is 1.80. The topological polar surface area (TPSA) is 46.5 Å². The van der Waals surface area contributed by atoms with Gasteiger partial charge in [0.1, 0.15) is 11.7 Å². The molecule has 0 heterocycles. The van der Waals surface area contributed by atoms with Gasteiger partial charge in [-0.15, -0.1) is 0 Å². The van der Waals surface area contributed by atoms with E-state index >= 15 is 0 Å². The van der Waals surface area contributed by atoms with Crippen LogP contribution < -0.4 is 0 Å². The quantitative estimate of drug-likeness (QED) is 0.463. The molecule has 2 rings (SSSR count). The molecule has 0 aromatic heterocycles. The molecule has 92 valence electrons. The van der Waals surface area contributed by atoms with E-state index in [0.717, 1.165) is 5.56 Å². The van der Waals surface area contributed by atoms with Gasteiger partial charge < -0.3 is 9.84 Å². The van der Waals surface area contributed by atoms with E-state index < -0.39 is 11.7 Å². The van der Waals surface area contributed by atoms with Crippen LogP contribution in [0.15, 0.2) is 42.5 Å². The van der Waals surface area contributed by atoms with Gasteiger partial charge in [-0.2, -0.15) is 0 Å². The zero-order chi connectivity index (χ0) is 13.0. The van der Waals surface area contributed by atoms with Crippen LogP contribution in [0.1, 0.15) is 18.9 Å². The third kappa shape index (κ3) is 3.22. The highest BCUT2D eigenvalue weighted by Crippen LogP contribution is 2.24. The van der Waals surface area contributed by atoms with Gasteiger partial charge in [0.2, 0.25) is 0 Å². The number of hydrogen-bond acceptors (Lipinski definition) is 3. The number of ether oxygens (including phenoxy) is 1. The number of carbonyl (C=O) groups is 1. The predicted octanol–water partition coefficient (Wildman–Crippen LogP) is 1.66. The second kappa shape index (κ2) is 5.07. The molecule has 1 aliphatic rings. The van der Waals surface area contributed by atoms with Crippen LogP contribution in [-0.4, -0.2) is 22.8 Å². The Labute approximate surface area is 106 Å².